The zero-order valence-electron chi connectivity index (χ0n) is 18.1. The number of β-amino-alcohol motifs (C(OH)–C–C–N with tert-alkyl or cyclic N) is 1. The Balaban J connectivity index is 1.16. The van der Waals surface area contributed by atoms with Crippen LogP contribution in [0.5, 0.6) is 0 Å². The van der Waals surface area contributed by atoms with Crippen LogP contribution in [-0.2, 0) is 9.59 Å². The number of amides is 2. The summed E-state index contributed by atoms with van der Waals surface area (Å²) in [5.74, 6) is -1.03. The number of anilines is 2. The van der Waals surface area contributed by atoms with Crippen molar-refractivity contribution in [1.82, 2.24) is 20.0 Å². The molecule has 0 saturated carbocycles. The molecule has 1 atom stereocenters. The first-order valence-corrected chi connectivity index (χ1v) is 10.9. The number of rotatable bonds is 8. The first kappa shape index (κ1) is 22.8. The molecular weight excluding hydrogens is 427 g/mol. The Morgan fingerprint density at radius 1 is 1.06 bits per heavy atom. The number of aliphatic hydroxyl groups excluding tert-OH is 1. The van der Waals surface area contributed by atoms with Gasteiger partial charge >= 0.3 is 0 Å². The van der Waals surface area contributed by atoms with Crippen LogP contribution >= 0.6 is 0 Å². The van der Waals surface area contributed by atoms with E-state index in [0.29, 0.717) is 32.7 Å². The summed E-state index contributed by atoms with van der Waals surface area (Å²) in [7, 11) is 0. The molecule has 0 radical (unpaired) electrons. The highest BCUT2D eigenvalue weighted by Gasteiger charge is 2.22. The number of halogens is 1. The van der Waals surface area contributed by atoms with Crippen LogP contribution in [-0.4, -0.2) is 82.3 Å². The molecule has 2 heterocycles. The molecule has 33 heavy (non-hydrogen) atoms. The second-order valence-corrected chi connectivity index (χ2v) is 8.18. The van der Waals surface area contributed by atoms with Gasteiger partial charge in [0.2, 0.25) is 11.8 Å². The largest absolute Gasteiger partial charge is 0.391 e. The Morgan fingerprint density at radius 3 is 2.61 bits per heavy atom. The lowest BCUT2D eigenvalue weighted by Gasteiger charge is -2.35. The summed E-state index contributed by atoms with van der Waals surface area (Å²) in [5.41, 5.74) is 1.74. The van der Waals surface area contributed by atoms with Crippen LogP contribution in [0.25, 0.3) is 10.9 Å². The number of nitrogens with one attached hydrogen (secondary N) is 3. The molecule has 1 unspecified atom stereocenters. The number of aromatic amines is 1. The van der Waals surface area contributed by atoms with Gasteiger partial charge in [0.15, 0.2) is 0 Å². The molecule has 2 amide bonds. The summed E-state index contributed by atoms with van der Waals surface area (Å²) in [4.78, 5) is 28.6. The number of fused-ring (bicyclic) bond motifs is 1. The van der Waals surface area contributed by atoms with Crippen molar-refractivity contribution in [3.63, 3.8) is 0 Å². The van der Waals surface area contributed by atoms with E-state index in [1.807, 2.05) is 18.2 Å². The van der Waals surface area contributed by atoms with Crippen molar-refractivity contribution in [2.45, 2.75) is 12.5 Å². The molecule has 10 heteroatoms. The van der Waals surface area contributed by atoms with Crippen LogP contribution in [0.3, 0.4) is 0 Å². The number of hydrogen-bond donors (Lipinski definition) is 4. The van der Waals surface area contributed by atoms with E-state index in [-0.39, 0.29) is 24.6 Å². The van der Waals surface area contributed by atoms with Gasteiger partial charge in [-0.15, -0.1) is 0 Å². The van der Waals surface area contributed by atoms with Crippen molar-refractivity contribution in [2.24, 2.45) is 0 Å². The van der Waals surface area contributed by atoms with Crippen LogP contribution in [0.15, 0.2) is 48.7 Å². The van der Waals surface area contributed by atoms with Crippen molar-refractivity contribution < 1.29 is 19.1 Å². The number of aliphatic hydroxyl groups is 1. The highest BCUT2D eigenvalue weighted by Crippen LogP contribution is 2.17. The highest BCUT2D eigenvalue weighted by atomic mass is 19.1. The van der Waals surface area contributed by atoms with E-state index >= 15 is 0 Å². The van der Waals surface area contributed by atoms with Gasteiger partial charge in [-0.3, -0.25) is 24.5 Å². The fourth-order valence-electron chi connectivity index (χ4n) is 3.89. The molecule has 1 aliphatic rings. The number of piperazine rings is 1. The van der Waals surface area contributed by atoms with E-state index in [1.54, 1.807) is 18.3 Å². The van der Waals surface area contributed by atoms with Gasteiger partial charge in [0, 0.05) is 43.8 Å². The Bertz CT molecular complexity index is 1110. The van der Waals surface area contributed by atoms with Crippen LogP contribution in [0, 0.1) is 5.82 Å². The topological polar surface area (TPSA) is 114 Å². The molecule has 9 nitrogen and oxygen atoms in total. The molecular formula is C23H27FN6O3. The maximum Gasteiger partial charge on any atom is 0.238 e. The van der Waals surface area contributed by atoms with E-state index in [1.165, 1.54) is 12.1 Å². The normalized spacial score (nSPS) is 15.9. The molecule has 174 valence electrons. The van der Waals surface area contributed by atoms with Crippen molar-refractivity contribution in [3.8, 4) is 0 Å². The van der Waals surface area contributed by atoms with Gasteiger partial charge in [-0.25, -0.2) is 4.39 Å². The molecule has 0 aliphatic carbocycles. The summed E-state index contributed by atoms with van der Waals surface area (Å²) >= 11 is 0. The number of aromatic nitrogens is 2. The average Bonchev–Trinajstić information content (AvgIpc) is 3.24. The minimum atomic E-state index is -0.857. The average molecular weight is 455 g/mol. The number of H-pyrrole nitrogens is 1. The SMILES string of the molecule is O=C(CN1CCN(CC(O)CC(=O)Nc2ccccc2F)CC1)Nc1ccc2[nH]ncc2c1. The van der Waals surface area contributed by atoms with Crippen molar-refractivity contribution >= 4 is 34.1 Å². The summed E-state index contributed by atoms with van der Waals surface area (Å²) in [6, 6.07) is 11.5. The van der Waals surface area contributed by atoms with Gasteiger partial charge in [-0.2, -0.15) is 5.10 Å². The standard InChI is InChI=1S/C23H27FN6O3/c24-19-3-1-2-4-21(19)27-22(32)12-18(31)14-29-7-9-30(10-8-29)15-23(33)26-17-5-6-20-16(11-17)13-25-28-20/h1-6,11,13,18,31H,7-10,12,14-15H2,(H,25,28)(H,26,33)(H,27,32). The first-order valence-electron chi connectivity index (χ1n) is 10.9. The van der Waals surface area contributed by atoms with Gasteiger partial charge < -0.3 is 15.7 Å². The smallest absolute Gasteiger partial charge is 0.238 e. The molecule has 4 rings (SSSR count). The maximum absolute atomic E-state index is 13.6. The minimum absolute atomic E-state index is 0.0869. The van der Waals surface area contributed by atoms with Crippen LogP contribution in [0.1, 0.15) is 6.42 Å². The Hall–Kier alpha value is -3.34. The number of carbonyl (C=O) groups excluding carboxylic acids is 2. The van der Waals surface area contributed by atoms with E-state index in [0.717, 1.165) is 16.6 Å². The molecule has 3 aromatic rings. The van der Waals surface area contributed by atoms with Gasteiger partial charge in [0.1, 0.15) is 5.82 Å². The van der Waals surface area contributed by atoms with Crippen molar-refractivity contribution in [1.29, 1.82) is 0 Å². The Kier molecular flexibility index (Phi) is 7.28. The number of nitrogens with zero attached hydrogens (tertiary/aromatic N) is 3. The third-order valence-electron chi connectivity index (χ3n) is 5.59. The maximum atomic E-state index is 13.6. The van der Waals surface area contributed by atoms with Gasteiger partial charge in [-0.1, -0.05) is 12.1 Å². The molecule has 1 aliphatic heterocycles. The lowest BCUT2D eigenvalue weighted by atomic mass is 10.2. The van der Waals surface area contributed by atoms with Crippen LogP contribution in [0.2, 0.25) is 0 Å². The summed E-state index contributed by atoms with van der Waals surface area (Å²) in [6.07, 6.45) is 0.740. The third kappa shape index (κ3) is 6.35. The zero-order valence-corrected chi connectivity index (χ0v) is 18.1. The second kappa shape index (κ2) is 10.5. The molecule has 4 N–H and O–H groups in total. The third-order valence-corrected chi connectivity index (χ3v) is 5.59. The summed E-state index contributed by atoms with van der Waals surface area (Å²) in [6.45, 7) is 3.35. The molecule has 0 bridgehead atoms. The Morgan fingerprint density at radius 2 is 1.82 bits per heavy atom. The highest BCUT2D eigenvalue weighted by molar-refractivity contribution is 5.94. The van der Waals surface area contributed by atoms with Crippen molar-refractivity contribution in [3.05, 3.63) is 54.5 Å². The van der Waals surface area contributed by atoms with Gasteiger partial charge in [-0.05, 0) is 30.3 Å². The van der Waals surface area contributed by atoms with Crippen molar-refractivity contribution in [2.75, 3.05) is 49.9 Å². The van der Waals surface area contributed by atoms with Crippen LogP contribution < -0.4 is 10.6 Å². The number of benzene rings is 2. The van der Waals surface area contributed by atoms with E-state index in [2.05, 4.69) is 30.6 Å². The lowest BCUT2D eigenvalue weighted by molar-refractivity contribution is -0.119. The quantitative estimate of drug-likeness (QED) is 0.412. The molecule has 0 spiro atoms. The molecule has 1 saturated heterocycles. The number of para-hydroxylation sites is 1. The molecule has 1 aromatic heterocycles. The number of hydrogen-bond acceptors (Lipinski definition) is 6. The fraction of sp³-hybridized carbons (Fsp3) is 0.348. The van der Waals surface area contributed by atoms with Gasteiger partial charge in [0.05, 0.1) is 36.5 Å². The van der Waals surface area contributed by atoms with Gasteiger partial charge in [0.25, 0.3) is 0 Å². The first-order chi connectivity index (χ1) is 16.0. The predicted molar refractivity (Wildman–Crippen MR) is 123 cm³/mol. The van der Waals surface area contributed by atoms with E-state index < -0.39 is 17.8 Å². The van der Waals surface area contributed by atoms with E-state index in [9.17, 15) is 19.1 Å². The Labute approximate surface area is 190 Å². The van der Waals surface area contributed by atoms with E-state index in [4.69, 9.17) is 0 Å². The summed E-state index contributed by atoms with van der Waals surface area (Å²) < 4.78 is 13.6. The predicted octanol–water partition coefficient (Wildman–Crippen LogP) is 1.65. The fourth-order valence-corrected chi connectivity index (χ4v) is 3.89. The molecule has 2 aromatic carbocycles. The summed E-state index contributed by atoms with van der Waals surface area (Å²) in [5, 5.41) is 23.5. The zero-order chi connectivity index (χ0) is 23.2. The second-order valence-electron chi connectivity index (χ2n) is 8.18. The lowest BCUT2D eigenvalue weighted by Crippen LogP contribution is -2.50. The number of carbonyl (C=O) groups is 2. The monoisotopic (exact) mass is 454 g/mol. The minimum Gasteiger partial charge on any atom is -0.391 e. The molecule has 1 fully saturated rings. The van der Waals surface area contributed by atoms with Crippen LogP contribution in [0.4, 0.5) is 15.8 Å².